The van der Waals surface area contributed by atoms with Gasteiger partial charge in [0.15, 0.2) is 5.78 Å². The number of methoxy groups -OCH3 is 1. The van der Waals surface area contributed by atoms with E-state index >= 15 is 0 Å². The van der Waals surface area contributed by atoms with Crippen molar-refractivity contribution in [3.8, 4) is 5.75 Å². The molecule has 0 amide bonds. The van der Waals surface area contributed by atoms with Crippen molar-refractivity contribution in [3.05, 3.63) is 65.0 Å². The smallest absolute Gasteiger partial charge is 0.196 e. The number of ether oxygens (including phenoxy) is 1. The normalized spacial score (nSPS) is 10.2. The Morgan fingerprint density at radius 1 is 1.17 bits per heavy atom. The summed E-state index contributed by atoms with van der Waals surface area (Å²) in [5, 5.41) is 0. The maximum atomic E-state index is 13.1. The highest BCUT2D eigenvalue weighted by atomic mass is 19.1. The average Bonchev–Trinajstić information content (AvgIpc) is 2.37. The summed E-state index contributed by atoms with van der Waals surface area (Å²) in [7, 11) is 1.52. The van der Waals surface area contributed by atoms with E-state index in [1.165, 1.54) is 25.3 Å². The zero-order valence-corrected chi connectivity index (χ0v) is 10.2. The molecule has 0 spiro atoms. The summed E-state index contributed by atoms with van der Waals surface area (Å²) in [5.41, 5.74) is 1.64. The lowest BCUT2D eigenvalue weighted by molar-refractivity contribution is 0.103. The molecule has 0 N–H and O–H groups in total. The van der Waals surface area contributed by atoms with E-state index in [-0.39, 0.29) is 5.78 Å². The molecule has 0 aliphatic heterocycles. The number of para-hydroxylation sites is 1. The monoisotopic (exact) mass is 244 g/mol. The molecular weight excluding hydrogens is 231 g/mol. The highest BCUT2D eigenvalue weighted by Crippen LogP contribution is 2.25. The highest BCUT2D eigenvalue weighted by Gasteiger charge is 2.15. The van der Waals surface area contributed by atoms with Gasteiger partial charge in [-0.25, -0.2) is 4.39 Å². The van der Waals surface area contributed by atoms with Crippen molar-refractivity contribution in [3.63, 3.8) is 0 Å². The molecule has 2 nitrogen and oxygen atoms in total. The lowest BCUT2D eigenvalue weighted by atomic mass is 10.0. The Kier molecular flexibility index (Phi) is 3.42. The first-order valence-corrected chi connectivity index (χ1v) is 5.57. The van der Waals surface area contributed by atoms with E-state index in [0.717, 1.165) is 5.56 Å². The summed E-state index contributed by atoms with van der Waals surface area (Å²) in [5.74, 6) is -0.130. The van der Waals surface area contributed by atoms with Gasteiger partial charge in [-0.15, -0.1) is 0 Å². The first-order chi connectivity index (χ1) is 8.63. The molecule has 0 saturated heterocycles. The molecule has 2 aromatic carbocycles. The predicted octanol–water partition coefficient (Wildman–Crippen LogP) is 3.37. The minimum Gasteiger partial charge on any atom is -0.496 e. The third kappa shape index (κ3) is 2.25. The van der Waals surface area contributed by atoms with Gasteiger partial charge >= 0.3 is 0 Å². The van der Waals surface area contributed by atoms with Crippen molar-refractivity contribution in [2.45, 2.75) is 6.92 Å². The molecule has 0 fully saturated rings. The van der Waals surface area contributed by atoms with Crippen LogP contribution in [-0.2, 0) is 0 Å². The van der Waals surface area contributed by atoms with Gasteiger partial charge in [0.05, 0.1) is 12.7 Å². The molecular formula is C15H13FO2. The number of carbonyl (C=O) groups excluding carboxylic acids is 1. The largest absolute Gasteiger partial charge is 0.496 e. The first kappa shape index (κ1) is 12.3. The molecule has 2 aromatic rings. The fourth-order valence-electron chi connectivity index (χ4n) is 1.89. The second kappa shape index (κ2) is 5.00. The summed E-state index contributed by atoms with van der Waals surface area (Å²) in [4.78, 5) is 12.3. The van der Waals surface area contributed by atoms with Gasteiger partial charge in [0.1, 0.15) is 11.6 Å². The summed E-state index contributed by atoms with van der Waals surface area (Å²) in [6.07, 6.45) is 0. The third-order valence-corrected chi connectivity index (χ3v) is 2.75. The number of hydrogen-bond donors (Lipinski definition) is 0. The molecule has 0 radical (unpaired) electrons. The van der Waals surface area contributed by atoms with Crippen LogP contribution >= 0.6 is 0 Å². The first-order valence-electron chi connectivity index (χ1n) is 5.57. The van der Waals surface area contributed by atoms with Gasteiger partial charge < -0.3 is 4.74 Å². The third-order valence-electron chi connectivity index (χ3n) is 2.75. The fourth-order valence-corrected chi connectivity index (χ4v) is 1.89. The standard InChI is InChI=1S/C15H13FO2/c1-10-5-3-8-13(15(10)18-2)14(17)11-6-4-7-12(16)9-11/h3-9H,1-2H3. The fraction of sp³-hybridized carbons (Fsp3) is 0.133. The molecule has 3 heteroatoms. The van der Waals surface area contributed by atoms with Crippen molar-refractivity contribution in [2.75, 3.05) is 7.11 Å². The van der Waals surface area contributed by atoms with E-state index in [4.69, 9.17) is 4.74 Å². The van der Waals surface area contributed by atoms with Crippen LogP contribution in [0.1, 0.15) is 21.5 Å². The van der Waals surface area contributed by atoms with Gasteiger partial charge in [-0.2, -0.15) is 0 Å². The van der Waals surface area contributed by atoms with Crippen LogP contribution in [-0.4, -0.2) is 12.9 Å². The van der Waals surface area contributed by atoms with Crippen LogP contribution in [0.2, 0.25) is 0 Å². The summed E-state index contributed by atoms with van der Waals surface area (Å²) in [6, 6.07) is 11.0. The number of halogens is 1. The molecule has 0 aliphatic carbocycles. The van der Waals surface area contributed by atoms with Gasteiger partial charge in [-0.05, 0) is 30.7 Å². The Labute approximate surface area is 105 Å². The van der Waals surface area contributed by atoms with E-state index in [1.54, 1.807) is 18.2 Å². The molecule has 0 atom stereocenters. The molecule has 0 unspecified atom stereocenters. The van der Waals surface area contributed by atoms with Crippen LogP contribution in [0.4, 0.5) is 4.39 Å². The van der Waals surface area contributed by atoms with Crippen molar-refractivity contribution < 1.29 is 13.9 Å². The Hall–Kier alpha value is -2.16. The molecule has 0 heterocycles. The van der Waals surface area contributed by atoms with Crippen LogP contribution in [0, 0.1) is 12.7 Å². The summed E-state index contributed by atoms with van der Waals surface area (Å²) >= 11 is 0. The number of hydrogen-bond acceptors (Lipinski definition) is 2. The van der Waals surface area contributed by atoms with Gasteiger partial charge in [-0.3, -0.25) is 4.79 Å². The van der Waals surface area contributed by atoms with Gasteiger partial charge in [0.25, 0.3) is 0 Å². The van der Waals surface area contributed by atoms with Crippen LogP contribution in [0.3, 0.4) is 0 Å². The topological polar surface area (TPSA) is 26.3 Å². The quantitative estimate of drug-likeness (QED) is 0.774. The number of rotatable bonds is 3. The number of benzene rings is 2. The lowest BCUT2D eigenvalue weighted by Crippen LogP contribution is -2.05. The van der Waals surface area contributed by atoms with Crippen molar-refractivity contribution >= 4 is 5.78 Å². The Morgan fingerprint density at radius 2 is 1.89 bits per heavy atom. The average molecular weight is 244 g/mol. The van der Waals surface area contributed by atoms with Crippen LogP contribution < -0.4 is 4.74 Å². The number of carbonyl (C=O) groups is 1. The zero-order valence-electron chi connectivity index (χ0n) is 10.2. The molecule has 18 heavy (non-hydrogen) atoms. The van der Waals surface area contributed by atoms with E-state index in [1.807, 2.05) is 13.0 Å². The molecule has 0 aromatic heterocycles. The second-order valence-corrected chi connectivity index (χ2v) is 4.00. The van der Waals surface area contributed by atoms with Crippen LogP contribution in [0.25, 0.3) is 0 Å². The van der Waals surface area contributed by atoms with Gasteiger partial charge in [0.2, 0.25) is 0 Å². The lowest BCUT2D eigenvalue weighted by Gasteiger charge is -2.10. The highest BCUT2D eigenvalue weighted by molar-refractivity contribution is 6.10. The minimum absolute atomic E-state index is 0.241. The van der Waals surface area contributed by atoms with Crippen molar-refractivity contribution in [2.24, 2.45) is 0 Å². The van der Waals surface area contributed by atoms with Crippen LogP contribution in [0.15, 0.2) is 42.5 Å². The molecule has 0 saturated carbocycles. The SMILES string of the molecule is COc1c(C)cccc1C(=O)c1cccc(F)c1. The number of ketones is 1. The van der Waals surface area contributed by atoms with Crippen molar-refractivity contribution in [1.82, 2.24) is 0 Å². The maximum absolute atomic E-state index is 13.1. The Morgan fingerprint density at radius 3 is 2.56 bits per heavy atom. The van der Waals surface area contributed by atoms with E-state index in [9.17, 15) is 9.18 Å². The summed E-state index contributed by atoms with van der Waals surface area (Å²) in [6.45, 7) is 1.86. The van der Waals surface area contributed by atoms with Gasteiger partial charge in [0, 0.05) is 5.56 Å². The van der Waals surface area contributed by atoms with E-state index in [0.29, 0.717) is 16.9 Å². The van der Waals surface area contributed by atoms with Gasteiger partial charge in [-0.1, -0.05) is 24.3 Å². The molecule has 0 aliphatic rings. The zero-order chi connectivity index (χ0) is 13.1. The Balaban J connectivity index is 2.49. The predicted molar refractivity (Wildman–Crippen MR) is 67.6 cm³/mol. The minimum atomic E-state index is -0.424. The van der Waals surface area contributed by atoms with Crippen LogP contribution in [0.5, 0.6) is 5.75 Å². The summed E-state index contributed by atoms with van der Waals surface area (Å²) < 4.78 is 18.4. The molecule has 92 valence electrons. The Bertz CT molecular complexity index is 591. The molecule has 0 bridgehead atoms. The number of aryl methyl sites for hydroxylation is 1. The maximum Gasteiger partial charge on any atom is 0.196 e. The second-order valence-electron chi connectivity index (χ2n) is 4.00. The molecule has 2 rings (SSSR count). The van der Waals surface area contributed by atoms with E-state index in [2.05, 4.69) is 0 Å². The van der Waals surface area contributed by atoms with Crippen molar-refractivity contribution in [1.29, 1.82) is 0 Å². The van der Waals surface area contributed by atoms with E-state index < -0.39 is 5.82 Å².